The Hall–Kier alpha value is -0.770. The van der Waals surface area contributed by atoms with Gasteiger partial charge in [-0.25, -0.2) is 5.32 Å². The molecular weight excluding hydrogens is 236 g/mol. The van der Waals surface area contributed by atoms with Crippen molar-refractivity contribution in [2.75, 3.05) is 31.3 Å². The van der Waals surface area contributed by atoms with Crippen molar-refractivity contribution < 1.29 is 4.79 Å². The van der Waals surface area contributed by atoms with Crippen LogP contribution in [0.25, 0.3) is 0 Å². The molecule has 2 aliphatic heterocycles. The van der Waals surface area contributed by atoms with Crippen LogP contribution in [0.3, 0.4) is 0 Å². The number of nitrogens with one attached hydrogen (secondary N) is 1. The lowest BCUT2D eigenvalue weighted by atomic mass is 10.1. The van der Waals surface area contributed by atoms with Crippen LogP contribution < -0.4 is 10.6 Å². The molecule has 0 aromatic carbocycles. The molecule has 0 saturated carbocycles. The van der Waals surface area contributed by atoms with Gasteiger partial charge >= 0.3 is 0 Å². The lowest BCUT2D eigenvalue weighted by Gasteiger charge is -2.24. The van der Waals surface area contributed by atoms with Crippen LogP contribution in [-0.2, 0) is 4.79 Å². The van der Waals surface area contributed by atoms with Crippen LogP contribution in [0.15, 0.2) is 0 Å². The lowest BCUT2D eigenvalue weighted by Crippen LogP contribution is -2.47. The van der Waals surface area contributed by atoms with E-state index in [0.717, 1.165) is 31.7 Å². The topological polar surface area (TPSA) is 70.2 Å². The van der Waals surface area contributed by atoms with E-state index in [1.165, 1.54) is 0 Å². The Bertz CT molecular complexity index is 311. The summed E-state index contributed by atoms with van der Waals surface area (Å²) < 4.78 is 0. The molecule has 0 spiro atoms. The van der Waals surface area contributed by atoms with E-state index in [9.17, 15) is 4.79 Å². The number of thioether (sulfide) groups is 1. The summed E-state index contributed by atoms with van der Waals surface area (Å²) in [4.78, 5) is 13.6. The lowest BCUT2D eigenvalue weighted by molar-refractivity contribution is -0.129. The second-order valence-corrected chi connectivity index (χ2v) is 5.36. The molecule has 2 saturated heterocycles. The van der Waals surface area contributed by atoms with Gasteiger partial charge in [0.1, 0.15) is 6.04 Å². The van der Waals surface area contributed by atoms with Gasteiger partial charge in [0.15, 0.2) is 0 Å². The van der Waals surface area contributed by atoms with Gasteiger partial charge in [-0.2, -0.15) is 5.26 Å². The van der Waals surface area contributed by atoms with Crippen LogP contribution in [0.4, 0.5) is 0 Å². The molecular formula is C11H17N4OS. The zero-order valence-corrected chi connectivity index (χ0v) is 10.6. The van der Waals surface area contributed by atoms with Gasteiger partial charge in [-0.05, 0) is 12.8 Å². The van der Waals surface area contributed by atoms with Crippen molar-refractivity contribution in [1.29, 1.82) is 5.26 Å². The molecule has 0 aromatic rings. The van der Waals surface area contributed by atoms with Crippen molar-refractivity contribution in [3.63, 3.8) is 0 Å². The summed E-state index contributed by atoms with van der Waals surface area (Å²) in [5.74, 6) is 1.42. The van der Waals surface area contributed by atoms with Crippen LogP contribution >= 0.6 is 11.8 Å². The Labute approximate surface area is 106 Å². The molecule has 0 aliphatic carbocycles. The number of piperidine rings is 1. The second kappa shape index (κ2) is 6.24. The Morgan fingerprint density at radius 2 is 2.53 bits per heavy atom. The van der Waals surface area contributed by atoms with E-state index in [1.807, 2.05) is 0 Å². The molecule has 0 aromatic heterocycles. The van der Waals surface area contributed by atoms with Crippen molar-refractivity contribution in [2.45, 2.75) is 24.9 Å². The zero-order valence-electron chi connectivity index (χ0n) is 9.76. The smallest absolute Gasteiger partial charge is 0.238 e. The maximum atomic E-state index is 11.9. The number of carbonyl (C=O) groups is 1. The number of nitriles is 1. The molecule has 93 valence electrons. The summed E-state index contributed by atoms with van der Waals surface area (Å²) in [5.41, 5.74) is 0. The molecule has 6 heteroatoms. The first-order valence-corrected chi connectivity index (χ1v) is 7.10. The highest BCUT2D eigenvalue weighted by molar-refractivity contribution is 7.99. The summed E-state index contributed by atoms with van der Waals surface area (Å²) in [6.07, 6.45) is 2.19. The van der Waals surface area contributed by atoms with Crippen LogP contribution in [-0.4, -0.2) is 54.2 Å². The van der Waals surface area contributed by atoms with Gasteiger partial charge in [0.05, 0.1) is 18.5 Å². The van der Waals surface area contributed by atoms with E-state index in [0.29, 0.717) is 18.5 Å². The predicted molar refractivity (Wildman–Crippen MR) is 66.5 cm³/mol. The number of amides is 1. The van der Waals surface area contributed by atoms with Gasteiger partial charge in [-0.15, -0.1) is 11.8 Å². The van der Waals surface area contributed by atoms with Crippen molar-refractivity contribution in [3.8, 4) is 6.07 Å². The van der Waals surface area contributed by atoms with Crippen LogP contribution in [0, 0.1) is 11.3 Å². The summed E-state index contributed by atoms with van der Waals surface area (Å²) in [6.45, 7) is 2.09. The molecule has 2 rings (SSSR count). The van der Waals surface area contributed by atoms with Gasteiger partial charge in [0.2, 0.25) is 5.91 Å². The summed E-state index contributed by atoms with van der Waals surface area (Å²) in [7, 11) is 0. The first kappa shape index (κ1) is 12.7. The van der Waals surface area contributed by atoms with E-state index in [2.05, 4.69) is 16.7 Å². The Morgan fingerprint density at radius 1 is 1.65 bits per heavy atom. The van der Waals surface area contributed by atoms with Gasteiger partial charge in [0.25, 0.3) is 0 Å². The molecule has 2 fully saturated rings. The fraction of sp³-hybridized carbons (Fsp3) is 0.818. The largest absolute Gasteiger partial charge is 0.315 e. The van der Waals surface area contributed by atoms with Crippen LogP contribution in [0.1, 0.15) is 12.8 Å². The predicted octanol–water partition coefficient (Wildman–Crippen LogP) is -0.232. The van der Waals surface area contributed by atoms with E-state index in [-0.39, 0.29) is 11.9 Å². The summed E-state index contributed by atoms with van der Waals surface area (Å²) in [6, 6.07) is 2.26. The standard InChI is InChI=1S/C11H17N4OS/c12-4-10-7-17-8-15(10)11(16)6-14-9-2-1-3-13-5-9/h9-10,14H,1-3,5-8H2. The fourth-order valence-electron chi connectivity index (χ4n) is 2.08. The minimum atomic E-state index is -0.245. The highest BCUT2D eigenvalue weighted by Gasteiger charge is 2.29. The maximum Gasteiger partial charge on any atom is 0.238 e. The molecule has 1 radical (unpaired) electrons. The molecule has 0 bridgehead atoms. The number of rotatable bonds is 3. The minimum Gasteiger partial charge on any atom is -0.315 e. The third kappa shape index (κ3) is 3.35. The minimum absolute atomic E-state index is 0.0344. The third-order valence-electron chi connectivity index (χ3n) is 3.11. The quantitative estimate of drug-likeness (QED) is 0.754. The average molecular weight is 253 g/mol. The highest BCUT2D eigenvalue weighted by Crippen LogP contribution is 2.19. The zero-order chi connectivity index (χ0) is 12.1. The highest BCUT2D eigenvalue weighted by atomic mass is 32.2. The number of hydrogen-bond donors (Lipinski definition) is 1. The monoisotopic (exact) mass is 253 g/mol. The average Bonchev–Trinajstić information content (AvgIpc) is 2.85. The van der Waals surface area contributed by atoms with E-state index < -0.39 is 0 Å². The van der Waals surface area contributed by atoms with Gasteiger partial charge < -0.3 is 10.2 Å². The Kier molecular flexibility index (Phi) is 4.66. The normalized spacial score (nSPS) is 29.0. The maximum absolute atomic E-state index is 11.9. The molecule has 1 amide bonds. The molecule has 2 aliphatic rings. The second-order valence-electron chi connectivity index (χ2n) is 4.36. The number of hydrogen-bond acceptors (Lipinski definition) is 4. The van der Waals surface area contributed by atoms with Gasteiger partial charge in [0, 0.05) is 24.9 Å². The molecule has 2 unspecified atom stereocenters. The molecule has 2 heterocycles. The molecule has 2 atom stereocenters. The summed E-state index contributed by atoms with van der Waals surface area (Å²) >= 11 is 1.64. The Balaban J connectivity index is 1.75. The van der Waals surface area contributed by atoms with Gasteiger partial charge in [-0.1, -0.05) is 0 Å². The van der Waals surface area contributed by atoms with Crippen molar-refractivity contribution in [2.24, 2.45) is 0 Å². The first-order valence-electron chi connectivity index (χ1n) is 5.94. The molecule has 5 nitrogen and oxygen atoms in total. The van der Waals surface area contributed by atoms with E-state index in [1.54, 1.807) is 16.7 Å². The van der Waals surface area contributed by atoms with E-state index in [4.69, 9.17) is 5.26 Å². The van der Waals surface area contributed by atoms with Crippen LogP contribution in [0.2, 0.25) is 0 Å². The van der Waals surface area contributed by atoms with E-state index >= 15 is 0 Å². The summed E-state index contributed by atoms with van der Waals surface area (Å²) in [5, 5.41) is 16.5. The molecule has 17 heavy (non-hydrogen) atoms. The SMILES string of the molecule is N#CC1CSCN1C(=O)CNC1CCC[N]C1. The van der Waals surface area contributed by atoms with Crippen molar-refractivity contribution in [3.05, 3.63) is 0 Å². The first-order chi connectivity index (χ1) is 8.31. The number of nitrogens with zero attached hydrogens (tertiary/aromatic N) is 3. The van der Waals surface area contributed by atoms with Crippen molar-refractivity contribution in [1.82, 2.24) is 15.5 Å². The van der Waals surface area contributed by atoms with Crippen LogP contribution in [0.5, 0.6) is 0 Å². The molecule has 1 N–H and O–H groups in total. The third-order valence-corrected chi connectivity index (χ3v) is 4.12. The van der Waals surface area contributed by atoms with Crippen molar-refractivity contribution >= 4 is 17.7 Å². The Morgan fingerprint density at radius 3 is 3.24 bits per heavy atom. The van der Waals surface area contributed by atoms with Gasteiger partial charge in [-0.3, -0.25) is 4.79 Å². The number of carbonyl (C=O) groups excluding carboxylic acids is 1. The fourth-order valence-corrected chi connectivity index (χ4v) is 3.19.